The Bertz CT molecular complexity index is 1630. The number of rotatable bonds is 12. The molecule has 1 saturated heterocycles. The summed E-state index contributed by atoms with van der Waals surface area (Å²) in [5.74, 6) is -3.27. The van der Waals surface area contributed by atoms with Crippen molar-refractivity contribution in [2.45, 2.75) is 50.7 Å². The minimum atomic E-state index is -0.795. The van der Waals surface area contributed by atoms with Gasteiger partial charge in [0.1, 0.15) is 34.8 Å². The van der Waals surface area contributed by atoms with Gasteiger partial charge in [-0.1, -0.05) is 30.3 Å². The van der Waals surface area contributed by atoms with E-state index in [0.29, 0.717) is 48.5 Å². The molecule has 0 aliphatic carbocycles. The first-order valence-corrected chi connectivity index (χ1v) is 15.2. The molecular weight excluding hydrogens is 598 g/mol. The Morgan fingerprint density at radius 2 is 1.65 bits per heavy atom. The van der Waals surface area contributed by atoms with E-state index in [1.54, 1.807) is 24.0 Å². The summed E-state index contributed by atoms with van der Waals surface area (Å²) < 4.78 is 63.0. The van der Waals surface area contributed by atoms with Crippen molar-refractivity contribution in [2.24, 2.45) is 0 Å². The lowest BCUT2D eigenvalue weighted by Gasteiger charge is -2.38. The molecular formula is C36H35F4N3O3. The molecule has 1 unspecified atom stereocenters. The second-order valence-corrected chi connectivity index (χ2v) is 11.5. The molecule has 10 heteroatoms. The topological polar surface area (TPSA) is 71.5 Å². The molecule has 2 heterocycles. The lowest BCUT2D eigenvalue weighted by Crippen LogP contribution is -2.56. The second kappa shape index (κ2) is 15.1. The van der Waals surface area contributed by atoms with Crippen LogP contribution in [0, 0.1) is 23.3 Å². The Balaban J connectivity index is 1.29. The summed E-state index contributed by atoms with van der Waals surface area (Å²) in [5, 5.41) is 3.30. The van der Waals surface area contributed by atoms with Gasteiger partial charge in [-0.3, -0.25) is 14.6 Å². The second-order valence-electron chi connectivity index (χ2n) is 11.5. The highest BCUT2D eigenvalue weighted by atomic mass is 19.1. The van der Waals surface area contributed by atoms with Gasteiger partial charge in [0, 0.05) is 56.7 Å². The van der Waals surface area contributed by atoms with Crippen molar-refractivity contribution in [1.29, 1.82) is 0 Å². The van der Waals surface area contributed by atoms with E-state index < -0.39 is 35.3 Å². The number of Topliss-reactive ketones (excluding diaryl/α,β-unsaturated/α-hetero) is 1. The zero-order valence-corrected chi connectivity index (χ0v) is 25.4. The third-order valence-electron chi connectivity index (χ3n) is 8.24. The number of carbonyl (C=O) groups is 2. The molecule has 0 radical (unpaired) electrons. The molecule has 1 aliphatic heterocycles. The average molecular weight is 634 g/mol. The number of aromatic nitrogens is 1. The molecule has 4 aromatic rings. The summed E-state index contributed by atoms with van der Waals surface area (Å²) >= 11 is 0. The molecule has 1 aromatic heterocycles. The average Bonchev–Trinajstić information content (AvgIpc) is 3.03. The van der Waals surface area contributed by atoms with Gasteiger partial charge in [0.25, 0.3) is 5.91 Å². The van der Waals surface area contributed by atoms with Gasteiger partial charge >= 0.3 is 0 Å². The predicted molar refractivity (Wildman–Crippen MR) is 165 cm³/mol. The highest BCUT2D eigenvalue weighted by molar-refractivity contribution is 5.82. The third-order valence-corrected chi connectivity index (χ3v) is 8.24. The summed E-state index contributed by atoms with van der Waals surface area (Å²) in [6.45, 7) is 3.32. The number of nitrogens with zero attached hydrogens (tertiary/aromatic N) is 2. The van der Waals surface area contributed by atoms with Crippen LogP contribution in [-0.4, -0.2) is 53.4 Å². The van der Waals surface area contributed by atoms with Crippen LogP contribution in [0.5, 0.6) is 5.75 Å². The monoisotopic (exact) mass is 633 g/mol. The largest absolute Gasteiger partial charge is 0.481 e. The Labute approximate surface area is 265 Å². The maximum Gasteiger partial charge on any atom is 0.263 e. The van der Waals surface area contributed by atoms with Crippen molar-refractivity contribution in [3.05, 3.63) is 131 Å². The fourth-order valence-electron chi connectivity index (χ4n) is 5.95. The number of benzene rings is 3. The molecule has 3 atom stereocenters. The van der Waals surface area contributed by atoms with Gasteiger partial charge < -0.3 is 15.0 Å². The summed E-state index contributed by atoms with van der Waals surface area (Å²) in [6.07, 6.45) is 2.19. The van der Waals surface area contributed by atoms with E-state index in [4.69, 9.17) is 4.74 Å². The maximum atomic E-state index is 15.2. The van der Waals surface area contributed by atoms with Crippen LogP contribution in [0.25, 0.3) is 0 Å². The number of carbonyl (C=O) groups excluding carboxylic acids is 2. The number of piperazine rings is 1. The fraction of sp³-hybridized carbons (Fsp3) is 0.306. The highest BCUT2D eigenvalue weighted by Crippen LogP contribution is 2.31. The number of ether oxygens (including phenoxy) is 1. The van der Waals surface area contributed by atoms with E-state index in [-0.39, 0.29) is 42.6 Å². The summed E-state index contributed by atoms with van der Waals surface area (Å²) in [7, 11) is 0. The number of nitrogens with one attached hydrogen (secondary N) is 1. The van der Waals surface area contributed by atoms with Crippen LogP contribution in [0.1, 0.15) is 47.9 Å². The van der Waals surface area contributed by atoms with Gasteiger partial charge in [0.15, 0.2) is 6.10 Å². The fourth-order valence-corrected chi connectivity index (χ4v) is 5.95. The van der Waals surface area contributed by atoms with Crippen LogP contribution >= 0.6 is 0 Å². The smallest absolute Gasteiger partial charge is 0.263 e. The van der Waals surface area contributed by atoms with Crippen molar-refractivity contribution in [3.63, 3.8) is 0 Å². The summed E-state index contributed by atoms with van der Waals surface area (Å²) in [5.41, 5.74) is 1.47. The molecule has 1 fully saturated rings. The number of hydrogen-bond acceptors (Lipinski definition) is 5. The van der Waals surface area contributed by atoms with Crippen LogP contribution in [0.4, 0.5) is 17.6 Å². The molecule has 240 valence electrons. The zero-order valence-electron chi connectivity index (χ0n) is 25.4. The van der Waals surface area contributed by atoms with E-state index in [2.05, 4.69) is 10.3 Å². The quantitative estimate of drug-likeness (QED) is 0.189. The molecule has 0 saturated carbocycles. The minimum Gasteiger partial charge on any atom is -0.481 e. The van der Waals surface area contributed by atoms with E-state index in [9.17, 15) is 22.8 Å². The molecule has 1 amide bonds. The molecule has 46 heavy (non-hydrogen) atoms. The number of para-hydroxylation sites is 1. The highest BCUT2D eigenvalue weighted by Gasteiger charge is 2.31. The molecule has 5 rings (SSSR count). The third kappa shape index (κ3) is 8.37. The normalized spacial score (nSPS) is 16.1. The number of hydrogen-bond donors (Lipinski definition) is 1. The van der Waals surface area contributed by atoms with Gasteiger partial charge in [-0.05, 0) is 78.4 Å². The Morgan fingerprint density at radius 1 is 0.935 bits per heavy atom. The van der Waals surface area contributed by atoms with Crippen LogP contribution in [-0.2, 0) is 22.4 Å². The Kier molecular flexibility index (Phi) is 10.8. The Hall–Kier alpha value is -4.57. The van der Waals surface area contributed by atoms with Crippen molar-refractivity contribution in [3.8, 4) is 5.75 Å². The molecule has 0 bridgehead atoms. The van der Waals surface area contributed by atoms with Gasteiger partial charge in [0.2, 0.25) is 0 Å². The maximum absolute atomic E-state index is 15.2. The molecule has 3 aromatic carbocycles. The van der Waals surface area contributed by atoms with Gasteiger partial charge in [-0.25, -0.2) is 17.6 Å². The predicted octanol–water partition coefficient (Wildman–Crippen LogP) is 6.17. The van der Waals surface area contributed by atoms with Crippen LogP contribution in [0.2, 0.25) is 0 Å². The number of ketones is 1. The van der Waals surface area contributed by atoms with Gasteiger partial charge in [-0.2, -0.15) is 0 Å². The standard InChI is InChI=1S/C36H35F4N3O3/c1-23(46-32-5-3-2-4-6-32)36(45)43-14-13-41-21-30(43)11-12-33-26(20-42-22-35(33)40)17-31(44)19-34(24-7-9-27(37)10-8-24)25-15-28(38)18-29(39)16-25/h2-10,15-16,18,20,22-23,30,34,41H,11-14,17,19,21H2,1H3/t23?,30-,34-/m0/s1. The minimum absolute atomic E-state index is 0.154. The van der Waals surface area contributed by atoms with Crippen molar-refractivity contribution < 1.29 is 31.9 Å². The van der Waals surface area contributed by atoms with E-state index >= 15 is 4.39 Å². The van der Waals surface area contributed by atoms with Crippen molar-refractivity contribution in [1.82, 2.24) is 15.2 Å². The lowest BCUT2D eigenvalue weighted by atomic mass is 9.85. The van der Waals surface area contributed by atoms with Crippen molar-refractivity contribution in [2.75, 3.05) is 19.6 Å². The molecule has 0 spiro atoms. The van der Waals surface area contributed by atoms with Gasteiger partial charge in [0.05, 0.1) is 6.20 Å². The summed E-state index contributed by atoms with van der Waals surface area (Å²) in [6, 6.07) is 17.3. The number of pyridine rings is 1. The van der Waals surface area contributed by atoms with E-state index in [1.807, 2.05) is 18.2 Å². The number of amides is 1. The lowest BCUT2D eigenvalue weighted by molar-refractivity contribution is -0.141. The van der Waals surface area contributed by atoms with Crippen LogP contribution in [0.3, 0.4) is 0 Å². The van der Waals surface area contributed by atoms with Gasteiger partial charge in [-0.15, -0.1) is 0 Å². The molecule has 1 aliphatic rings. The number of halogens is 4. The van der Waals surface area contributed by atoms with Crippen molar-refractivity contribution >= 4 is 11.7 Å². The zero-order chi connectivity index (χ0) is 32.6. The first-order valence-electron chi connectivity index (χ1n) is 15.2. The van der Waals surface area contributed by atoms with E-state index in [1.165, 1.54) is 30.5 Å². The SMILES string of the molecule is CC(Oc1ccccc1)C(=O)N1CCNC[C@@H]1CCc1c(F)cncc1CC(=O)C[C@@H](c1ccc(F)cc1)c1cc(F)cc(F)c1. The summed E-state index contributed by atoms with van der Waals surface area (Å²) in [4.78, 5) is 32.6. The van der Waals surface area contributed by atoms with E-state index in [0.717, 1.165) is 24.4 Å². The first-order chi connectivity index (χ1) is 22.2. The Morgan fingerprint density at radius 3 is 2.37 bits per heavy atom. The molecule has 1 N–H and O–H groups in total. The van der Waals surface area contributed by atoms with Crippen LogP contribution < -0.4 is 10.1 Å². The molecule has 6 nitrogen and oxygen atoms in total. The first kappa shape index (κ1) is 32.8. The van der Waals surface area contributed by atoms with Crippen LogP contribution in [0.15, 0.2) is 85.2 Å².